The molecule has 2 aliphatic carbocycles. The van der Waals surface area contributed by atoms with Crippen molar-refractivity contribution in [2.75, 3.05) is 19.8 Å². The van der Waals surface area contributed by atoms with Crippen LogP contribution in [-0.2, 0) is 9.47 Å². The summed E-state index contributed by atoms with van der Waals surface area (Å²) < 4.78 is 11.5. The average molecular weight is 485 g/mol. The van der Waals surface area contributed by atoms with E-state index in [0.29, 0.717) is 6.42 Å². The summed E-state index contributed by atoms with van der Waals surface area (Å²) in [6, 6.07) is 0. The maximum atomic E-state index is 11.1. The Balaban J connectivity index is 1.78. The minimum absolute atomic E-state index is 0.0386. The maximum Gasteiger partial charge on any atom is 0.186 e. The van der Waals surface area contributed by atoms with Gasteiger partial charge in [0, 0.05) is 5.41 Å². The van der Waals surface area contributed by atoms with Gasteiger partial charge in [-0.3, -0.25) is 0 Å². The topological polar surface area (TPSA) is 140 Å². The Morgan fingerprint density at radius 1 is 1.12 bits per heavy atom. The van der Waals surface area contributed by atoms with Gasteiger partial charge in [0.05, 0.1) is 25.9 Å². The number of fused-ring (bicyclic) bond motifs is 1. The van der Waals surface area contributed by atoms with Crippen LogP contribution in [0.5, 0.6) is 0 Å². The van der Waals surface area contributed by atoms with Gasteiger partial charge in [-0.1, -0.05) is 37.6 Å². The van der Waals surface area contributed by atoms with Crippen LogP contribution in [0.4, 0.5) is 0 Å². The predicted molar refractivity (Wildman–Crippen MR) is 127 cm³/mol. The molecule has 1 aliphatic heterocycles. The highest BCUT2D eigenvalue weighted by atomic mass is 16.7. The highest BCUT2D eigenvalue weighted by molar-refractivity contribution is 5.18. The lowest BCUT2D eigenvalue weighted by molar-refractivity contribution is -0.313. The maximum absolute atomic E-state index is 11.1. The van der Waals surface area contributed by atoms with Gasteiger partial charge in [0.15, 0.2) is 6.29 Å². The molecule has 8 nitrogen and oxygen atoms in total. The van der Waals surface area contributed by atoms with Crippen LogP contribution >= 0.6 is 0 Å². The Kier molecular flexibility index (Phi) is 9.02. The molecule has 0 aromatic heterocycles. The van der Waals surface area contributed by atoms with Crippen LogP contribution in [-0.4, -0.2) is 87.3 Å². The minimum atomic E-state index is -1.50. The summed E-state index contributed by atoms with van der Waals surface area (Å²) in [7, 11) is 0. The van der Waals surface area contributed by atoms with Crippen LogP contribution in [0.2, 0.25) is 0 Å². The molecule has 0 spiro atoms. The number of hydrogen-bond donors (Lipinski definition) is 6. The summed E-state index contributed by atoms with van der Waals surface area (Å²) in [5.41, 5.74) is 1.71. The fourth-order valence-electron chi connectivity index (χ4n) is 6.81. The zero-order valence-electron chi connectivity index (χ0n) is 20.8. The highest BCUT2D eigenvalue weighted by Gasteiger charge is 2.58. The molecule has 0 bridgehead atoms. The number of rotatable bonds is 8. The molecule has 2 saturated carbocycles. The van der Waals surface area contributed by atoms with E-state index in [1.807, 2.05) is 19.9 Å². The summed E-state index contributed by atoms with van der Waals surface area (Å²) in [6.07, 6.45) is -0.335. The van der Waals surface area contributed by atoms with E-state index in [-0.39, 0.29) is 30.5 Å². The third kappa shape index (κ3) is 5.15. The van der Waals surface area contributed by atoms with Gasteiger partial charge >= 0.3 is 0 Å². The quantitative estimate of drug-likeness (QED) is 0.283. The van der Waals surface area contributed by atoms with Crippen molar-refractivity contribution in [3.8, 4) is 0 Å². The summed E-state index contributed by atoms with van der Waals surface area (Å²) in [5, 5.41) is 60.3. The molecule has 10 atom stereocenters. The van der Waals surface area contributed by atoms with Crippen molar-refractivity contribution < 1.29 is 40.1 Å². The van der Waals surface area contributed by atoms with E-state index in [1.165, 1.54) is 5.57 Å². The molecule has 196 valence electrons. The normalized spacial score (nSPS) is 45.8. The Morgan fingerprint density at radius 3 is 2.47 bits per heavy atom. The fourth-order valence-corrected chi connectivity index (χ4v) is 6.81. The standard InChI is InChI=1S/C26H44O8/c1-15(10-12-27)5-7-17-16(2)6-8-19-25(17,3)11-9-20(29)26(19,4)14-33-24-23(32)22(31)21(30)18(13-28)34-24/h10,17-24,27-32H,2,5-9,11-14H2,1,3-4H3/b15-10+/t17-,18-,19+,20-,21-,22+,23+,24-,25+,26-/m1/s1. The Labute approximate surface area is 202 Å². The van der Waals surface area contributed by atoms with Crippen molar-refractivity contribution in [3.63, 3.8) is 0 Å². The number of allylic oxidation sites excluding steroid dienone is 2. The Hall–Kier alpha value is -0.840. The first-order valence-corrected chi connectivity index (χ1v) is 12.5. The van der Waals surface area contributed by atoms with Crippen molar-refractivity contribution in [2.45, 2.75) is 96.1 Å². The van der Waals surface area contributed by atoms with E-state index >= 15 is 0 Å². The monoisotopic (exact) mass is 484 g/mol. The van der Waals surface area contributed by atoms with Gasteiger partial charge in [-0.2, -0.15) is 0 Å². The van der Waals surface area contributed by atoms with Gasteiger partial charge in [-0.05, 0) is 62.7 Å². The van der Waals surface area contributed by atoms with Crippen LogP contribution < -0.4 is 0 Å². The lowest BCUT2D eigenvalue weighted by atomic mass is 9.46. The second kappa shape index (κ2) is 11.0. The average Bonchev–Trinajstić information content (AvgIpc) is 2.79. The van der Waals surface area contributed by atoms with E-state index in [1.54, 1.807) is 0 Å². The highest BCUT2D eigenvalue weighted by Crippen LogP contribution is 2.62. The van der Waals surface area contributed by atoms with Gasteiger partial charge in [0.25, 0.3) is 0 Å². The molecule has 0 aromatic rings. The molecule has 0 amide bonds. The summed E-state index contributed by atoms with van der Waals surface area (Å²) in [5.74, 6) is 0.429. The molecule has 0 aromatic carbocycles. The zero-order valence-corrected chi connectivity index (χ0v) is 20.8. The smallest absolute Gasteiger partial charge is 0.186 e. The number of hydrogen-bond acceptors (Lipinski definition) is 8. The molecule has 34 heavy (non-hydrogen) atoms. The van der Waals surface area contributed by atoms with Crippen molar-refractivity contribution in [1.82, 2.24) is 0 Å². The third-order valence-corrected chi connectivity index (χ3v) is 9.03. The van der Waals surface area contributed by atoms with Crippen molar-refractivity contribution in [3.05, 3.63) is 23.8 Å². The molecule has 1 saturated heterocycles. The SMILES string of the molecule is C=C1CC[C@@H]2[C@@](C)(CO[C@@H]3O[C@H](CO)[C@@H](O)[C@H](O)[C@@H]3O)[C@H](O)CC[C@@]2(C)[C@@H]1CC/C(C)=C/CO. The molecule has 6 N–H and O–H groups in total. The number of aliphatic hydroxyl groups is 6. The molecule has 3 fully saturated rings. The van der Waals surface area contributed by atoms with Gasteiger partial charge in [-0.25, -0.2) is 0 Å². The summed E-state index contributed by atoms with van der Waals surface area (Å²) in [6.45, 7) is 10.4. The molecule has 1 heterocycles. The van der Waals surface area contributed by atoms with Crippen molar-refractivity contribution in [1.29, 1.82) is 0 Å². The van der Waals surface area contributed by atoms with E-state index in [0.717, 1.165) is 37.7 Å². The summed E-state index contributed by atoms with van der Waals surface area (Å²) in [4.78, 5) is 0. The van der Waals surface area contributed by atoms with E-state index < -0.39 is 48.8 Å². The van der Waals surface area contributed by atoms with Crippen LogP contribution in [0, 0.1) is 22.7 Å². The lowest BCUT2D eigenvalue weighted by Gasteiger charge is -2.60. The second-order valence-electron chi connectivity index (χ2n) is 11.1. The Morgan fingerprint density at radius 2 is 1.82 bits per heavy atom. The first-order valence-electron chi connectivity index (χ1n) is 12.5. The molecule has 8 heteroatoms. The van der Waals surface area contributed by atoms with Crippen LogP contribution in [0.15, 0.2) is 23.8 Å². The lowest BCUT2D eigenvalue weighted by Crippen LogP contribution is -2.61. The molecular formula is C26H44O8. The molecule has 0 unspecified atom stereocenters. The predicted octanol–water partition coefficient (Wildman–Crippen LogP) is 1.27. The van der Waals surface area contributed by atoms with Gasteiger partial charge < -0.3 is 40.1 Å². The van der Waals surface area contributed by atoms with Gasteiger partial charge in [0.2, 0.25) is 0 Å². The van der Waals surface area contributed by atoms with Gasteiger partial charge in [0.1, 0.15) is 24.4 Å². The molecule has 3 aliphatic rings. The second-order valence-corrected chi connectivity index (χ2v) is 11.1. The first-order chi connectivity index (χ1) is 16.0. The van der Waals surface area contributed by atoms with Crippen LogP contribution in [0.25, 0.3) is 0 Å². The van der Waals surface area contributed by atoms with E-state index in [2.05, 4.69) is 13.5 Å². The van der Waals surface area contributed by atoms with Crippen molar-refractivity contribution in [2.24, 2.45) is 22.7 Å². The number of ether oxygens (including phenoxy) is 2. The minimum Gasteiger partial charge on any atom is -0.394 e. The number of aliphatic hydroxyl groups excluding tert-OH is 6. The third-order valence-electron chi connectivity index (χ3n) is 9.03. The molecular weight excluding hydrogens is 440 g/mol. The van der Waals surface area contributed by atoms with Gasteiger partial charge in [-0.15, -0.1) is 0 Å². The largest absolute Gasteiger partial charge is 0.394 e. The summed E-state index contributed by atoms with van der Waals surface area (Å²) >= 11 is 0. The van der Waals surface area contributed by atoms with Crippen LogP contribution in [0.3, 0.4) is 0 Å². The Bertz CT molecular complexity index is 738. The fraction of sp³-hybridized carbons (Fsp3) is 0.846. The van der Waals surface area contributed by atoms with E-state index in [9.17, 15) is 30.6 Å². The first kappa shape index (κ1) is 27.7. The van der Waals surface area contributed by atoms with E-state index in [4.69, 9.17) is 9.47 Å². The van der Waals surface area contributed by atoms with Crippen molar-refractivity contribution >= 4 is 0 Å². The molecule has 3 rings (SSSR count). The zero-order chi connectivity index (χ0) is 25.3. The van der Waals surface area contributed by atoms with Crippen LogP contribution in [0.1, 0.15) is 59.3 Å². The molecule has 0 radical (unpaired) electrons.